The molecule has 1 aliphatic rings. The molecule has 0 radical (unpaired) electrons. The third-order valence-corrected chi connectivity index (χ3v) is 10.3. The lowest BCUT2D eigenvalue weighted by atomic mass is 9.81. The number of rotatable bonds is 40. The molecule has 1 aliphatic carbocycles. The summed E-state index contributed by atoms with van der Waals surface area (Å²) in [4.78, 5) is 82.4. The Kier molecular flexibility index (Phi) is 33.6. The number of Topliss-reactive ketones (excluding diaryl/α,β-unsaturated/α-hetero) is 1. The van der Waals surface area contributed by atoms with Gasteiger partial charge in [0.25, 0.3) is 0 Å². The molecule has 0 unspecified atom stereocenters. The van der Waals surface area contributed by atoms with Crippen molar-refractivity contribution < 1.29 is 62.7 Å². The number of nitrogens with one attached hydrogen (secondary N) is 4. The molecular weight excluding hydrogens is 780 g/mol. The maximum atomic E-state index is 12.9. The van der Waals surface area contributed by atoms with Crippen LogP contribution in [-0.2, 0) is 52.5 Å². The molecule has 1 rings (SSSR count). The summed E-state index contributed by atoms with van der Waals surface area (Å²) >= 11 is 0. The third kappa shape index (κ3) is 33.1. The second-order valence-electron chi connectivity index (χ2n) is 15.7. The summed E-state index contributed by atoms with van der Waals surface area (Å²) in [6, 6.07) is -1.08. The molecule has 17 nitrogen and oxygen atoms in total. The van der Waals surface area contributed by atoms with Gasteiger partial charge >= 0.3 is 11.9 Å². The van der Waals surface area contributed by atoms with E-state index in [1.54, 1.807) is 0 Å². The minimum absolute atomic E-state index is 0.0539. The van der Waals surface area contributed by atoms with E-state index < -0.39 is 18.0 Å². The molecule has 0 spiro atoms. The predicted molar refractivity (Wildman–Crippen MR) is 224 cm³/mol. The van der Waals surface area contributed by atoms with E-state index in [0.717, 1.165) is 51.4 Å². The summed E-state index contributed by atoms with van der Waals surface area (Å²) in [7, 11) is 0. The molecule has 1 fully saturated rings. The first-order valence-electron chi connectivity index (χ1n) is 22.3. The second-order valence-corrected chi connectivity index (χ2v) is 15.7. The Morgan fingerprint density at radius 1 is 0.533 bits per heavy atom. The topological polar surface area (TPSA) is 245 Å². The van der Waals surface area contributed by atoms with E-state index in [1.807, 2.05) is 0 Å². The van der Waals surface area contributed by atoms with Gasteiger partial charge in [-0.1, -0.05) is 64.2 Å². The highest BCUT2D eigenvalue weighted by atomic mass is 16.5. The summed E-state index contributed by atoms with van der Waals surface area (Å²) in [6.07, 6.45) is 17.4. The van der Waals surface area contributed by atoms with Crippen molar-refractivity contribution in [3.63, 3.8) is 0 Å². The Labute approximate surface area is 356 Å². The van der Waals surface area contributed by atoms with E-state index >= 15 is 0 Å². The number of carbonyl (C=O) groups excluding carboxylic acids is 5. The van der Waals surface area contributed by atoms with E-state index in [2.05, 4.69) is 21.3 Å². The van der Waals surface area contributed by atoms with Crippen LogP contribution in [0.3, 0.4) is 0 Å². The van der Waals surface area contributed by atoms with Crippen LogP contribution in [0.4, 0.5) is 0 Å². The normalized spacial score (nSPS) is 15.5. The molecular formula is C43H76N4O13. The van der Waals surface area contributed by atoms with Gasteiger partial charge in [-0.25, -0.2) is 4.79 Å². The van der Waals surface area contributed by atoms with Gasteiger partial charge in [-0.2, -0.15) is 0 Å². The Bertz CT molecular complexity index is 1210. The number of carbonyl (C=O) groups is 7. The number of aliphatic carboxylic acids is 2. The number of amides is 4. The van der Waals surface area contributed by atoms with Gasteiger partial charge < -0.3 is 50.4 Å². The van der Waals surface area contributed by atoms with Gasteiger partial charge in [-0.15, -0.1) is 0 Å². The minimum Gasteiger partial charge on any atom is -0.481 e. The summed E-state index contributed by atoms with van der Waals surface area (Å²) in [6.45, 7) is 4.12. The van der Waals surface area contributed by atoms with Gasteiger partial charge in [0.2, 0.25) is 23.6 Å². The number of ether oxygens (including phenoxy) is 4. The van der Waals surface area contributed by atoms with Crippen molar-refractivity contribution in [3.8, 4) is 0 Å². The zero-order valence-electron chi connectivity index (χ0n) is 36.2. The lowest BCUT2D eigenvalue weighted by Gasteiger charge is -2.28. The van der Waals surface area contributed by atoms with Crippen LogP contribution in [0.1, 0.15) is 142 Å². The first-order chi connectivity index (χ1) is 29.0. The van der Waals surface area contributed by atoms with Gasteiger partial charge in [0.05, 0.1) is 39.6 Å². The average molecular weight is 857 g/mol. The van der Waals surface area contributed by atoms with Crippen LogP contribution in [0, 0.1) is 11.8 Å². The fourth-order valence-electron chi connectivity index (χ4n) is 6.80. The van der Waals surface area contributed by atoms with E-state index in [1.165, 1.54) is 45.4 Å². The Balaban J connectivity index is 2.02. The molecule has 17 heteroatoms. The van der Waals surface area contributed by atoms with Crippen molar-refractivity contribution >= 4 is 41.4 Å². The van der Waals surface area contributed by atoms with Crippen molar-refractivity contribution in [1.82, 2.24) is 21.3 Å². The molecule has 0 aliphatic heterocycles. The highest BCUT2D eigenvalue weighted by Crippen LogP contribution is 2.29. The minimum atomic E-state index is -1.14. The zero-order valence-corrected chi connectivity index (χ0v) is 36.2. The third-order valence-electron chi connectivity index (χ3n) is 10.3. The van der Waals surface area contributed by atoms with Crippen molar-refractivity contribution in [2.75, 3.05) is 72.5 Å². The van der Waals surface area contributed by atoms with Crippen molar-refractivity contribution in [3.05, 3.63) is 0 Å². The van der Waals surface area contributed by atoms with E-state index in [-0.39, 0.29) is 101 Å². The lowest BCUT2D eigenvalue weighted by molar-refractivity contribution is -0.143. The number of hydrogen-bond acceptors (Lipinski definition) is 11. The van der Waals surface area contributed by atoms with Crippen LogP contribution in [0.25, 0.3) is 0 Å². The van der Waals surface area contributed by atoms with Gasteiger partial charge in [-0.05, 0) is 64.2 Å². The monoisotopic (exact) mass is 857 g/mol. The molecule has 1 saturated carbocycles. The average Bonchev–Trinajstić information content (AvgIpc) is 3.21. The number of hydrogen-bond donors (Lipinski definition) is 6. The van der Waals surface area contributed by atoms with Crippen LogP contribution in [0.5, 0.6) is 0 Å². The molecule has 4 amide bonds. The highest BCUT2D eigenvalue weighted by molar-refractivity contribution is 5.85. The van der Waals surface area contributed by atoms with Crippen LogP contribution in [0.15, 0.2) is 0 Å². The van der Waals surface area contributed by atoms with Gasteiger partial charge in [0.15, 0.2) is 5.78 Å². The molecule has 0 heterocycles. The first-order valence-corrected chi connectivity index (χ1v) is 22.3. The zero-order chi connectivity index (χ0) is 44.1. The molecule has 6 N–H and O–H groups in total. The van der Waals surface area contributed by atoms with Crippen molar-refractivity contribution in [1.29, 1.82) is 0 Å². The van der Waals surface area contributed by atoms with Crippen LogP contribution >= 0.6 is 0 Å². The van der Waals surface area contributed by atoms with Crippen LogP contribution < -0.4 is 21.3 Å². The number of carboxylic acids is 2. The largest absolute Gasteiger partial charge is 0.481 e. The summed E-state index contributed by atoms with van der Waals surface area (Å²) < 4.78 is 21.0. The van der Waals surface area contributed by atoms with Crippen LogP contribution in [-0.4, -0.2) is 130 Å². The number of ketones is 1. The Morgan fingerprint density at radius 3 is 1.53 bits per heavy atom. The summed E-state index contributed by atoms with van der Waals surface area (Å²) in [5.41, 5.74) is 0. The SMILES string of the molecule is CC(=O)COCCOCCNC(=O)COCCOCCNC(=O)CCC[C@H](NC(=O)[C@H]1CC[C@H](CNC(=O)CCCCCCCCCCCCCCC(=O)O)CC1)C(=O)O. The quantitative estimate of drug-likeness (QED) is 0.0477. The molecule has 0 aromatic heterocycles. The van der Waals surface area contributed by atoms with Crippen molar-refractivity contribution in [2.24, 2.45) is 11.8 Å². The fraction of sp³-hybridized carbons (Fsp3) is 0.837. The molecule has 0 aromatic carbocycles. The number of carboxylic acid groups (broad SMARTS) is 2. The molecule has 346 valence electrons. The van der Waals surface area contributed by atoms with Gasteiger partial charge in [0, 0.05) is 44.8 Å². The molecule has 1 atom stereocenters. The number of unbranched alkanes of at least 4 members (excludes halogenated alkanes) is 11. The van der Waals surface area contributed by atoms with Crippen LogP contribution in [0.2, 0.25) is 0 Å². The Morgan fingerprint density at radius 2 is 1.00 bits per heavy atom. The predicted octanol–water partition coefficient (Wildman–Crippen LogP) is 4.08. The first kappa shape index (κ1) is 54.3. The standard InChI is InChI=1S/C43H76N4O13/c1-34(48)32-59-29-27-58-26-24-45-40(51)33-60-30-28-57-25-23-44-38(49)17-14-15-37(43(55)56)47-42(54)36-21-19-35(20-22-36)31-46-39(50)16-12-10-8-6-4-2-3-5-7-9-11-13-18-41(52)53/h35-37H,2-33H2,1H3,(H,44,49)(H,45,51)(H,46,50)(H,47,54)(H,52,53)(H,55,56)/t35-,36-,37-/m0/s1. The van der Waals surface area contributed by atoms with Gasteiger partial charge in [0.1, 0.15) is 19.3 Å². The lowest BCUT2D eigenvalue weighted by Crippen LogP contribution is -2.44. The fourth-order valence-corrected chi connectivity index (χ4v) is 6.80. The molecule has 0 saturated heterocycles. The van der Waals surface area contributed by atoms with Gasteiger partial charge in [-0.3, -0.25) is 28.8 Å². The Hall–Kier alpha value is -3.67. The van der Waals surface area contributed by atoms with E-state index in [0.29, 0.717) is 58.1 Å². The summed E-state index contributed by atoms with van der Waals surface area (Å²) in [5.74, 6) is -2.65. The smallest absolute Gasteiger partial charge is 0.326 e. The molecule has 0 bridgehead atoms. The molecule has 0 aromatic rings. The van der Waals surface area contributed by atoms with E-state index in [4.69, 9.17) is 24.1 Å². The van der Waals surface area contributed by atoms with Crippen molar-refractivity contribution in [2.45, 2.75) is 148 Å². The maximum Gasteiger partial charge on any atom is 0.326 e. The molecule has 60 heavy (non-hydrogen) atoms. The summed E-state index contributed by atoms with van der Waals surface area (Å²) in [5, 5.41) is 29.4. The second kappa shape index (κ2) is 37.1. The highest BCUT2D eigenvalue weighted by Gasteiger charge is 2.29. The van der Waals surface area contributed by atoms with E-state index in [9.17, 15) is 38.7 Å². The maximum absolute atomic E-state index is 12.9.